The van der Waals surface area contributed by atoms with Crippen LogP contribution < -0.4 is 9.47 Å². The molecule has 0 aromatic heterocycles. The van der Waals surface area contributed by atoms with Crippen LogP contribution in [0.4, 0.5) is 0 Å². The highest BCUT2D eigenvalue weighted by Crippen LogP contribution is 2.75. The Labute approximate surface area is 238 Å². The summed E-state index contributed by atoms with van der Waals surface area (Å²) in [4.78, 5) is 14.1. The number of methoxy groups -OCH3 is 2. The van der Waals surface area contributed by atoms with E-state index in [1.807, 2.05) is 19.9 Å². The van der Waals surface area contributed by atoms with Crippen molar-refractivity contribution in [2.45, 2.75) is 75.1 Å². The molecule has 3 fully saturated rings. The van der Waals surface area contributed by atoms with Crippen LogP contribution in [0.25, 0.3) is 6.08 Å². The fourth-order valence-corrected chi connectivity index (χ4v) is 10.7. The minimum Gasteiger partial charge on any atom is -0.468 e. The van der Waals surface area contributed by atoms with Gasteiger partial charge in [-0.05, 0) is 42.4 Å². The van der Waals surface area contributed by atoms with E-state index in [1.165, 1.54) is 7.11 Å². The zero-order chi connectivity index (χ0) is 28.3. The minimum atomic E-state index is -1.92. The number of aliphatic hydroxyl groups is 3. The van der Waals surface area contributed by atoms with Gasteiger partial charge in [-0.15, -0.1) is 11.6 Å². The summed E-state index contributed by atoms with van der Waals surface area (Å²) in [5, 5.41) is 36.8. The highest BCUT2D eigenvalue weighted by molar-refractivity contribution is 6.32. The molecule has 0 spiro atoms. The molecule has 0 radical (unpaired) electrons. The molecule has 0 amide bonds. The second-order valence-electron chi connectivity index (χ2n) is 12.7. The smallest absolute Gasteiger partial charge is 0.315 e. The quantitative estimate of drug-likeness (QED) is 0.364. The molecule has 1 heterocycles. The lowest BCUT2D eigenvalue weighted by Crippen LogP contribution is -2.81. The Kier molecular flexibility index (Phi) is 6.01. The Balaban J connectivity index is 1.65. The predicted octanol–water partition coefficient (Wildman–Crippen LogP) is 3.82. The molecule has 3 saturated carbocycles. The molecule has 1 aromatic carbocycles. The SMILES string of the molecule is COC[C@@]1(C)CCC[C@]2(C(=O)OC)[C@@H]1[C@H](Cl)[C@H](O)[C@]1(C)C3=Cc4c5c(cc(Cl)c4[C@]3(C)[C@H](O)C[C@]12O)OCO5. The van der Waals surface area contributed by atoms with Gasteiger partial charge in [0.1, 0.15) is 5.41 Å². The van der Waals surface area contributed by atoms with Crippen molar-refractivity contribution >= 4 is 35.2 Å². The van der Waals surface area contributed by atoms with E-state index in [0.29, 0.717) is 52.5 Å². The average molecular weight is 584 g/mol. The van der Waals surface area contributed by atoms with E-state index < -0.39 is 56.7 Å². The van der Waals surface area contributed by atoms with Crippen LogP contribution in [0.15, 0.2) is 11.6 Å². The molecule has 1 aliphatic heterocycles. The number of carbonyl (C=O) groups is 1. The van der Waals surface area contributed by atoms with Gasteiger partial charge in [-0.2, -0.15) is 0 Å². The summed E-state index contributed by atoms with van der Waals surface area (Å²) < 4.78 is 22.4. The highest BCUT2D eigenvalue weighted by atomic mass is 35.5. The fraction of sp³-hybridized carbons (Fsp3) is 0.690. The maximum atomic E-state index is 14.1. The Hall–Kier alpha value is -1.55. The molecular weight excluding hydrogens is 547 g/mol. The number of ether oxygens (including phenoxy) is 4. The summed E-state index contributed by atoms with van der Waals surface area (Å²) in [6.07, 6.45) is 0.799. The predicted molar refractivity (Wildman–Crippen MR) is 144 cm³/mol. The first-order valence-corrected chi connectivity index (χ1v) is 14.3. The third kappa shape index (κ3) is 2.93. The standard InChI is InChI=1S/C29H36Cl2O8/c1-25(12-36-4)7-6-8-28(24(34)37-5)22(25)20(31)23(33)27(3)17-9-14-19(15(30)10-16-21(14)39-13-38-16)26(17,2)18(32)11-29(27,28)35/h9-10,18,20,22-23,32-33,35H,6-8,11-13H2,1-5H3/t18-,20+,22-,23+,25-,26+,27+,28-,29+/m1/s1. The number of fused-ring (bicyclic) bond motifs is 9. The van der Waals surface area contributed by atoms with Crippen LogP contribution in [0, 0.1) is 22.2 Å². The van der Waals surface area contributed by atoms with Crippen molar-refractivity contribution in [1.29, 1.82) is 0 Å². The molecule has 3 N–H and O–H groups in total. The monoisotopic (exact) mass is 582 g/mol. The molecule has 39 heavy (non-hydrogen) atoms. The molecule has 0 saturated heterocycles. The van der Waals surface area contributed by atoms with Gasteiger partial charge in [-0.25, -0.2) is 0 Å². The van der Waals surface area contributed by atoms with Crippen molar-refractivity contribution in [1.82, 2.24) is 0 Å². The number of halogens is 2. The molecule has 10 heteroatoms. The summed E-state index contributed by atoms with van der Waals surface area (Å²) >= 11 is 14.1. The number of hydrogen-bond donors (Lipinski definition) is 3. The maximum Gasteiger partial charge on any atom is 0.315 e. The van der Waals surface area contributed by atoms with E-state index in [9.17, 15) is 20.1 Å². The summed E-state index contributed by atoms with van der Waals surface area (Å²) in [5.41, 5.74) is -4.80. The zero-order valence-electron chi connectivity index (χ0n) is 22.8. The topological polar surface area (TPSA) is 115 Å². The largest absolute Gasteiger partial charge is 0.468 e. The van der Waals surface area contributed by atoms with Crippen LogP contribution in [-0.4, -0.2) is 72.1 Å². The van der Waals surface area contributed by atoms with E-state index in [2.05, 4.69) is 0 Å². The van der Waals surface area contributed by atoms with Gasteiger partial charge in [0.15, 0.2) is 11.5 Å². The molecule has 8 nitrogen and oxygen atoms in total. The molecular formula is C29H36Cl2O8. The Morgan fingerprint density at radius 2 is 1.90 bits per heavy atom. The third-order valence-electron chi connectivity index (χ3n) is 11.2. The highest BCUT2D eigenvalue weighted by Gasteiger charge is 2.82. The van der Waals surface area contributed by atoms with Gasteiger partial charge in [-0.3, -0.25) is 4.79 Å². The third-order valence-corrected chi connectivity index (χ3v) is 12.0. The van der Waals surface area contributed by atoms with Gasteiger partial charge in [0, 0.05) is 46.9 Å². The summed E-state index contributed by atoms with van der Waals surface area (Å²) in [6, 6.07) is 1.67. The summed E-state index contributed by atoms with van der Waals surface area (Å²) in [5.74, 6) is -0.300. The van der Waals surface area contributed by atoms with Gasteiger partial charge in [0.2, 0.25) is 6.79 Å². The Bertz CT molecular complexity index is 1280. The molecule has 214 valence electrons. The molecule has 4 aliphatic carbocycles. The van der Waals surface area contributed by atoms with Crippen LogP contribution in [0.2, 0.25) is 5.02 Å². The summed E-state index contributed by atoms with van der Waals surface area (Å²) in [6.45, 7) is 5.91. The van der Waals surface area contributed by atoms with Crippen molar-refractivity contribution in [3.63, 3.8) is 0 Å². The number of carbonyl (C=O) groups excluding carboxylic acids is 1. The van der Waals surface area contributed by atoms with Crippen molar-refractivity contribution in [3.8, 4) is 11.5 Å². The fourth-order valence-electron chi connectivity index (χ4n) is 9.50. The number of hydrogen-bond acceptors (Lipinski definition) is 8. The Morgan fingerprint density at radius 3 is 2.56 bits per heavy atom. The molecule has 1 aromatic rings. The lowest BCUT2D eigenvalue weighted by molar-refractivity contribution is -0.294. The normalized spacial score (nSPS) is 45.5. The van der Waals surface area contributed by atoms with Gasteiger partial charge in [0.25, 0.3) is 0 Å². The lowest BCUT2D eigenvalue weighted by atomic mass is 9.34. The molecule has 0 unspecified atom stereocenters. The van der Waals surface area contributed by atoms with E-state index >= 15 is 0 Å². The van der Waals surface area contributed by atoms with Crippen LogP contribution in [0.1, 0.15) is 57.6 Å². The van der Waals surface area contributed by atoms with Crippen LogP contribution in [-0.2, 0) is 19.7 Å². The molecule has 0 bridgehead atoms. The first kappa shape index (κ1) is 27.6. The number of benzene rings is 1. The maximum absolute atomic E-state index is 14.1. The molecule has 9 atom stereocenters. The van der Waals surface area contributed by atoms with Gasteiger partial charge in [0.05, 0.1) is 36.9 Å². The summed E-state index contributed by atoms with van der Waals surface area (Å²) in [7, 11) is 2.89. The molecule has 5 aliphatic rings. The molecule has 6 rings (SSSR count). The van der Waals surface area contributed by atoms with Crippen LogP contribution in [0.5, 0.6) is 11.5 Å². The van der Waals surface area contributed by atoms with Crippen LogP contribution >= 0.6 is 23.2 Å². The van der Waals surface area contributed by atoms with Gasteiger partial charge in [-0.1, -0.05) is 31.9 Å². The second-order valence-corrected chi connectivity index (χ2v) is 13.6. The van der Waals surface area contributed by atoms with Gasteiger partial charge >= 0.3 is 5.97 Å². The van der Waals surface area contributed by atoms with E-state index in [0.717, 1.165) is 0 Å². The lowest BCUT2D eigenvalue weighted by Gasteiger charge is -2.72. The van der Waals surface area contributed by atoms with Gasteiger partial charge < -0.3 is 34.3 Å². The van der Waals surface area contributed by atoms with Crippen LogP contribution in [0.3, 0.4) is 0 Å². The number of aliphatic hydroxyl groups excluding tert-OH is 2. The number of alkyl halides is 1. The Morgan fingerprint density at radius 1 is 1.18 bits per heavy atom. The van der Waals surface area contributed by atoms with Crippen molar-refractivity contribution in [3.05, 3.63) is 27.8 Å². The van der Waals surface area contributed by atoms with E-state index in [4.69, 9.17) is 42.1 Å². The first-order chi connectivity index (χ1) is 18.3. The number of rotatable bonds is 3. The van der Waals surface area contributed by atoms with E-state index in [1.54, 1.807) is 20.1 Å². The zero-order valence-corrected chi connectivity index (χ0v) is 24.4. The second kappa shape index (κ2) is 8.49. The number of esters is 1. The van der Waals surface area contributed by atoms with Crippen molar-refractivity contribution < 1.29 is 39.1 Å². The first-order valence-electron chi connectivity index (χ1n) is 13.4. The average Bonchev–Trinajstić information content (AvgIpc) is 3.48. The van der Waals surface area contributed by atoms with Crippen molar-refractivity contribution in [2.24, 2.45) is 22.2 Å². The minimum absolute atomic E-state index is 0.0311. The van der Waals surface area contributed by atoms with E-state index in [-0.39, 0.29) is 19.8 Å². The van der Waals surface area contributed by atoms with Crippen molar-refractivity contribution in [2.75, 3.05) is 27.6 Å².